The molecule has 0 aliphatic rings. The second kappa shape index (κ2) is 4.61. The van der Waals surface area contributed by atoms with E-state index in [1.807, 2.05) is 0 Å². The minimum absolute atomic E-state index is 0.0428. The van der Waals surface area contributed by atoms with Gasteiger partial charge in [-0.05, 0) is 25.1 Å². The first-order chi connectivity index (χ1) is 8.50. The Morgan fingerprint density at radius 2 is 1.94 bits per heavy atom. The molecule has 7 heteroatoms. The van der Waals surface area contributed by atoms with Gasteiger partial charge in [0.15, 0.2) is 0 Å². The van der Waals surface area contributed by atoms with Gasteiger partial charge in [0, 0.05) is 0 Å². The van der Waals surface area contributed by atoms with E-state index in [1.54, 1.807) is 25.1 Å². The van der Waals surface area contributed by atoms with Crippen LogP contribution in [0.4, 0.5) is 11.4 Å². The van der Waals surface area contributed by atoms with Crippen LogP contribution in [0.25, 0.3) is 0 Å². The predicted molar refractivity (Wildman–Crippen MR) is 68.4 cm³/mol. The number of nitrogens with two attached hydrogens (primary N) is 1. The quantitative estimate of drug-likeness (QED) is 0.811. The third-order valence-electron chi connectivity index (χ3n) is 2.36. The van der Waals surface area contributed by atoms with Gasteiger partial charge in [0.1, 0.15) is 4.90 Å². The van der Waals surface area contributed by atoms with Crippen molar-refractivity contribution in [3.8, 4) is 0 Å². The second-order valence-electron chi connectivity index (χ2n) is 3.67. The third-order valence-corrected chi connectivity index (χ3v) is 3.80. The van der Waals surface area contributed by atoms with Crippen LogP contribution in [0, 0.1) is 6.92 Å². The Hall–Kier alpha value is -2.15. The molecule has 18 heavy (non-hydrogen) atoms. The largest absolute Gasteiger partial charge is 0.398 e. The monoisotopic (exact) mass is 264 g/mol. The van der Waals surface area contributed by atoms with Gasteiger partial charge < -0.3 is 5.73 Å². The van der Waals surface area contributed by atoms with Crippen molar-refractivity contribution in [2.24, 2.45) is 0 Å². The number of benzene rings is 1. The molecule has 0 radical (unpaired) electrons. The summed E-state index contributed by atoms with van der Waals surface area (Å²) >= 11 is 0. The smallest absolute Gasteiger partial charge is 0.264 e. The fraction of sp³-hybridized carbons (Fsp3) is 0.0909. The number of nitrogen functional groups attached to an aromatic ring is 1. The highest BCUT2D eigenvalue weighted by atomic mass is 32.2. The lowest BCUT2D eigenvalue weighted by atomic mass is 10.3. The number of rotatable bonds is 3. The molecule has 0 spiro atoms. The molecule has 3 N–H and O–H groups in total. The average Bonchev–Trinajstić information content (AvgIpc) is 2.32. The lowest BCUT2D eigenvalue weighted by Crippen LogP contribution is -2.15. The average molecular weight is 264 g/mol. The van der Waals surface area contributed by atoms with Crippen molar-refractivity contribution < 1.29 is 8.42 Å². The van der Waals surface area contributed by atoms with Gasteiger partial charge in [0.05, 0.1) is 23.3 Å². The molecule has 0 aliphatic carbocycles. The van der Waals surface area contributed by atoms with Crippen LogP contribution in [-0.2, 0) is 10.0 Å². The number of aryl methyl sites for hydroxylation is 1. The van der Waals surface area contributed by atoms with Gasteiger partial charge in [0.2, 0.25) is 0 Å². The zero-order valence-corrected chi connectivity index (χ0v) is 10.5. The number of anilines is 2. The first-order valence-corrected chi connectivity index (χ1v) is 6.64. The van der Waals surface area contributed by atoms with E-state index in [9.17, 15) is 8.42 Å². The molecule has 0 bridgehead atoms. The first-order valence-electron chi connectivity index (χ1n) is 5.16. The normalized spacial score (nSPS) is 11.2. The van der Waals surface area contributed by atoms with Crippen molar-refractivity contribution in [2.45, 2.75) is 11.8 Å². The van der Waals surface area contributed by atoms with Gasteiger partial charge in [-0.3, -0.25) is 4.72 Å². The van der Waals surface area contributed by atoms with Crippen LogP contribution in [0.1, 0.15) is 5.69 Å². The van der Waals surface area contributed by atoms with E-state index in [4.69, 9.17) is 5.73 Å². The molecule has 0 unspecified atom stereocenters. The van der Waals surface area contributed by atoms with Gasteiger partial charge in [-0.25, -0.2) is 8.42 Å². The summed E-state index contributed by atoms with van der Waals surface area (Å²) in [5.41, 5.74) is 6.73. The molecule has 2 aromatic rings. The molecule has 0 aliphatic heterocycles. The van der Waals surface area contributed by atoms with Crippen molar-refractivity contribution in [3.63, 3.8) is 0 Å². The zero-order valence-electron chi connectivity index (χ0n) is 9.66. The minimum atomic E-state index is -3.71. The Kier molecular flexibility index (Phi) is 3.15. The number of nitrogens with one attached hydrogen (secondary N) is 1. The maximum Gasteiger partial charge on any atom is 0.264 e. The maximum atomic E-state index is 12.1. The van der Waals surface area contributed by atoms with Crippen LogP contribution in [0.15, 0.2) is 41.4 Å². The molecule has 1 aromatic heterocycles. The second-order valence-corrected chi connectivity index (χ2v) is 5.32. The van der Waals surface area contributed by atoms with Gasteiger partial charge in [0.25, 0.3) is 10.0 Å². The molecular formula is C11H12N4O2S. The Bertz CT molecular complexity index is 670. The predicted octanol–water partition coefficient (Wildman–Crippen LogP) is 1.17. The van der Waals surface area contributed by atoms with Gasteiger partial charge >= 0.3 is 0 Å². The highest BCUT2D eigenvalue weighted by Gasteiger charge is 2.17. The number of hydrogen-bond acceptors (Lipinski definition) is 5. The summed E-state index contributed by atoms with van der Waals surface area (Å²) in [6.07, 6.45) is 1.42. The van der Waals surface area contributed by atoms with Crippen LogP contribution in [-0.4, -0.2) is 18.6 Å². The molecule has 94 valence electrons. The van der Waals surface area contributed by atoms with Crippen molar-refractivity contribution >= 4 is 21.4 Å². The summed E-state index contributed by atoms with van der Waals surface area (Å²) in [6, 6.07) is 7.81. The molecule has 2 rings (SSSR count). The van der Waals surface area contributed by atoms with E-state index in [1.165, 1.54) is 18.3 Å². The molecule has 0 atom stereocenters. The molecule has 0 saturated carbocycles. The molecule has 1 aromatic carbocycles. The first kappa shape index (κ1) is 12.3. The van der Waals surface area contributed by atoms with E-state index >= 15 is 0 Å². The number of para-hydroxylation sites is 1. The van der Waals surface area contributed by atoms with E-state index in [0.717, 1.165) is 0 Å². The number of sulfonamides is 1. The molecule has 1 heterocycles. The molecule has 0 saturated heterocycles. The summed E-state index contributed by atoms with van der Waals surface area (Å²) in [4.78, 5) is 0.0428. The SMILES string of the molecule is Cc1nnccc1NS(=O)(=O)c1ccccc1N. The van der Waals surface area contributed by atoms with Crippen LogP contribution in [0.5, 0.6) is 0 Å². The highest BCUT2D eigenvalue weighted by Crippen LogP contribution is 2.21. The Balaban J connectivity index is 2.40. The highest BCUT2D eigenvalue weighted by molar-refractivity contribution is 7.92. The Labute approximate surface area is 105 Å². The number of aromatic nitrogens is 2. The summed E-state index contributed by atoms with van der Waals surface area (Å²) in [7, 11) is -3.71. The summed E-state index contributed by atoms with van der Waals surface area (Å²) in [5.74, 6) is 0. The van der Waals surface area contributed by atoms with Gasteiger partial charge in [-0.15, -0.1) is 0 Å². The minimum Gasteiger partial charge on any atom is -0.398 e. The maximum absolute atomic E-state index is 12.1. The summed E-state index contributed by atoms with van der Waals surface area (Å²) < 4.78 is 26.7. The number of nitrogens with zero attached hydrogens (tertiary/aromatic N) is 2. The van der Waals surface area contributed by atoms with E-state index < -0.39 is 10.0 Å². The third kappa shape index (κ3) is 2.40. The van der Waals surface area contributed by atoms with Crippen molar-refractivity contribution in [1.82, 2.24) is 10.2 Å². The zero-order chi connectivity index (χ0) is 13.2. The molecule has 0 fully saturated rings. The van der Waals surface area contributed by atoms with E-state index in [0.29, 0.717) is 11.4 Å². The Morgan fingerprint density at radius 3 is 2.61 bits per heavy atom. The van der Waals surface area contributed by atoms with Gasteiger partial charge in [-0.2, -0.15) is 10.2 Å². The van der Waals surface area contributed by atoms with Crippen LogP contribution in [0.2, 0.25) is 0 Å². The van der Waals surface area contributed by atoms with Crippen molar-refractivity contribution in [1.29, 1.82) is 0 Å². The van der Waals surface area contributed by atoms with Crippen molar-refractivity contribution in [3.05, 3.63) is 42.2 Å². The van der Waals surface area contributed by atoms with E-state index in [2.05, 4.69) is 14.9 Å². The summed E-state index contributed by atoms with van der Waals surface area (Å²) in [5, 5.41) is 7.43. The molecular weight excluding hydrogens is 252 g/mol. The number of hydrogen-bond donors (Lipinski definition) is 2. The lowest BCUT2D eigenvalue weighted by molar-refractivity contribution is 0.601. The lowest BCUT2D eigenvalue weighted by Gasteiger charge is -2.10. The van der Waals surface area contributed by atoms with Crippen molar-refractivity contribution in [2.75, 3.05) is 10.5 Å². The fourth-order valence-corrected chi connectivity index (χ4v) is 2.69. The van der Waals surface area contributed by atoms with Crippen LogP contribution >= 0.6 is 0 Å². The molecule has 6 nitrogen and oxygen atoms in total. The summed E-state index contributed by atoms with van der Waals surface area (Å²) in [6.45, 7) is 1.67. The van der Waals surface area contributed by atoms with Gasteiger partial charge in [-0.1, -0.05) is 12.1 Å². The molecule has 0 amide bonds. The van der Waals surface area contributed by atoms with Crippen LogP contribution < -0.4 is 10.5 Å². The van der Waals surface area contributed by atoms with Crippen LogP contribution in [0.3, 0.4) is 0 Å². The topological polar surface area (TPSA) is 98.0 Å². The Morgan fingerprint density at radius 1 is 1.22 bits per heavy atom. The standard InChI is InChI=1S/C11H12N4O2S/c1-8-10(6-7-13-14-8)15-18(16,17)11-5-3-2-4-9(11)12/h2-7H,12H2,1H3,(H,13,15). The fourth-order valence-electron chi connectivity index (χ4n) is 1.44. The van der Waals surface area contributed by atoms with E-state index in [-0.39, 0.29) is 10.6 Å².